The average molecular weight is 245 g/mol. The lowest BCUT2D eigenvalue weighted by atomic mass is 10.0. The molecule has 0 radical (unpaired) electrons. The van der Waals surface area contributed by atoms with Gasteiger partial charge in [-0.15, -0.1) is 0 Å². The molecule has 0 saturated heterocycles. The third-order valence-corrected chi connectivity index (χ3v) is 1.97. The van der Waals surface area contributed by atoms with Crippen LogP contribution in [0.2, 0.25) is 0 Å². The second-order valence-electron chi connectivity index (χ2n) is 4.75. The largest absolute Gasteiger partial charge is 0.417 e. The predicted molar refractivity (Wildman–Crippen MR) is 58.7 cm³/mol. The van der Waals surface area contributed by atoms with Gasteiger partial charge in [0, 0.05) is 5.54 Å². The summed E-state index contributed by atoms with van der Waals surface area (Å²) in [5.41, 5.74) is -1.84. The fourth-order valence-corrected chi connectivity index (χ4v) is 1.34. The molecule has 1 N–H and O–H groups in total. The Balaban J connectivity index is 3.11. The van der Waals surface area contributed by atoms with Gasteiger partial charge in [-0.1, -0.05) is 12.1 Å². The van der Waals surface area contributed by atoms with Crippen LogP contribution in [0.5, 0.6) is 0 Å². The monoisotopic (exact) mass is 245 g/mol. The minimum absolute atomic E-state index is 0.352. The molecule has 17 heavy (non-hydrogen) atoms. The summed E-state index contributed by atoms with van der Waals surface area (Å²) in [5, 5.41) is 2.51. The van der Waals surface area contributed by atoms with Crippen molar-refractivity contribution in [3.63, 3.8) is 0 Å². The molecule has 2 nitrogen and oxygen atoms in total. The van der Waals surface area contributed by atoms with Gasteiger partial charge < -0.3 is 5.32 Å². The maximum atomic E-state index is 12.7. The highest BCUT2D eigenvalue weighted by atomic mass is 19.4. The van der Waals surface area contributed by atoms with E-state index in [1.807, 2.05) is 0 Å². The minimum atomic E-state index is -4.52. The maximum Gasteiger partial charge on any atom is 0.417 e. The van der Waals surface area contributed by atoms with Gasteiger partial charge in [-0.25, -0.2) is 0 Å². The summed E-state index contributed by atoms with van der Waals surface area (Å²) in [6.45, 7) is 5.13. The summed E-state index contributed by atoms with van der Waals surface area (Å²) in [5.74, 6) is -0.717. The van der Waals surface area contributed by atoms with Gasteiger partial charge in [0.25, 0.3) is 5.91 Å². The second-order valence-corrected chi connectivity index (χ2v) is 4.75. The van der Waals surface area contributed by atoms with Crippen molar-refractivity contribution in [2.45, 2.75) is 32.5 Å². The number of rotatable bonds is 1. The van der Waals surface area contributed by atoms with Crippen molar-refractivity contribution in [2.75, 3.05) is 0 Å². The van der Waals surface area contributed by atoms with E-state index in [9.17, 15) is 18.0 Å². The molecule has 0 aliphatic heterocycles. The standard InChI is InChI=1S/C12H14F3NO/c1-11(2,3)16-10(17)8-6-4-5-7-9(8)12(13,14)15/h4-7H,1-3H3,(H,16,17). The van der Waals surface area contributed by atoms with Crippen molar-refractivity contribution in [3.05, 3.63) is 35.4 Å². The molecule has 5 heteroatoms. The van der Waals surface area contributed by atoms with Crippen LogP contribution in [0.15, 0.2) is 24.3 Å². The molecule has 1 aromatic rings. The third kappa shape index (κ3) is 3.76. The van der Waals surface area contributed by atoms with E-state index in [1.54, 1.807) is 20.8 Å². The maximum absolute atomic E-state index is 12.7. The SMILES string of the molecule is CC(C)(C)NC(=O)c1ccccc1C(F)(F)F. The van der Waals surface area contributed by atoms with Crippen LogP contribution in [0.3, 0.4) is 0 Å². The molecule has 0 heterocycles. The van der Waals surface area contributed by atoms with Gasteiger partial charge in [-0.2, -0.15) is 13.2 Å². The molecule has 1 rings (SSSR count). The highest BCUT2D eigenvalue weighted by Gasteiger charge is 2.35. The van der Waals surface area contributed by atoms with Gasteiger partial charge in [0.05, 0.1) is 11.1 Å². The highest BCUT2D eigenvalue weighted by molar-refractivity contribution is 5.96. The van der Waals surface area contributed by atoms with E-state index >= 15 is 0 Å². The summed E-state index contributed by atoms with van der Waals surface area (Å²) < 4.78 is 38.0. The summed E-state index contributed by atoms with van der Waals surface area (Å²) >= 11 is 0. The fourth-order valence-electron chi connectivity index (χ4n) is 1.34. The first-order valence-electron chi connectivity index (χ1n) is 5.10. The van der Waals surface area contributed by atoms with Crippen LogP contribution < -0.4 is 5.32 Å². The molecule has 1 aromatic carbocycles. The Morgan fingerprint density at radius 2 is 1.65 bits per heavy atom. The Morgan fingerprint density at radius 3 is 2.12 bits per heavy atom. The smallest absolute Gasteiger partial charge is 0.347 e. The van der Waals surface area contributed by atoms with E-state index in [-0.39, 0.29) is 5.56 Å². The molecular formula is C12H14F3NO. The van der Waals surface area contributed by atoms with Crippen molar-refractivity contribution in [3.8, 4) is 0 Å². The van der Waals surface area contributed by atoms with Crippen LogP contribution in [0.4, 0.5) is 13.2 Å². The molecule has 0 atom stereocenters. The summed E-state index contributed by atoms with van der Waals surface area (Å²) in [6, 6.07) is 4.74. The second kappa shape index (κ2) is 4.39. The van der Waals surface area contributed by atoms with Crippen LogP contribution in [0, 0.1) is 0 Å². The van der Waals surface area contributed by atoms with Crippen LogP contribution >= 0.6 is 0 Å². The minimum Gasteiger partial charge on any atom is -0.347 e. The van der Waals surface area contributed by atoms with Crippen LogP contribution in [0.1, 0.15) is 36.7 Å². The first-order valence-corrected chi connectivity index (χ1v) is 5.10. The van der Waals surface area contributed by atoms with Gasteiger partial charge in [-0.05, 0) is 32.9 Å². The van der Waals surface area contributed by atoms with Crippen LogP contribution in [-0.2, 0) is 6.18 Å². The lowest BCUT2D eigenvalue weighted by molar-refractivity contribution is -0.137. The van der Waals surface area contributed by atoms with Gasteiger partial charge in [-0.3, -0.25) is 4.79 Å². The quantitative estimate of drug-likeness (QED) is 0.808. The number of hydrogen-bond acceptors (Lipinski definition) is 1. The van der Waals surface area contributed by atoms with Gasteiger partial charge >= 0.3 is 6.18 Å². The third-order valence-electron chi connectivity index (χ3n) is 1.97. The number of nitrogens with one attached hydrogen (secondary N) is 1. The predicted octanol–water partition coefficient (Wildman–Crippen LogP) is 3.23. The van der Waals surface area contributed by atoms with Crippen molar-refractivity contribution in [1.82, 2.24) is 5.32 Å². The molecule has 94 valence electrons. The highest BCUT2D eigenvalue weighted by Crippen LogP contribution is 2.31. The van der Waals surface area contributed by atoms with Crippen molar-refractivity contribution < 1.29 is 18.0 Å². The zero-order valence-corrected chi connectivity index (χ0v) is 9.85. The zero-order valence-electron chi connectivity index (χ0n) is 9.85. The summed E-state index contributed by atoms with van der Waals surface area (Å²) in [4.78, 5) is 11.7. The molecule has 0 fully saturated rings. The Hall–Kier alpha value is -1.52. The topological polar surface area (TPSA) is 29.1 Å². The number of amides is 1. The molecule has 0 aliphatic carbocycles. The number of carbonyl (C=O) groups excluding carboxylic acids is 1. The van der Waals surface area contributed by atoms with E-state index in [2.05, 4.69) is 5.32 Å². The Morgan fingerprint density at radius 1 is 1.12 bits per heavy atom. The first kappa shape index (κ1) is 13.5. The number of alkyl halides is 3. The van der Waals surface area contributed by atoms with E-state index in [4.69, 9.17) is 0 Å². The molecule has 0 saturated carbocycles. The summed E-state index contributed by atoms with van der Waals surface area (Å²) in [7, 11) is 0. The molecule has 0 aliphatic rings. The van der Waals surface area contributed by atoms with Gasteiger partial charge in [0.15, 0.2) is 0 Å². The van der Waals surface area contributed by atoms with E-state index in [0.717, 1.165) is 6.07 Å². The zero-order chi connectivity index (χ0) is 13.3. The molecule has 0 bridgehead atoms. The lowest BCUT2D eigenvalue weighted by Crippen LogP contribution is -2.41. The molecule has 0 unspecified atom stereocenters. The average Bonchev–Trinajstić information content (AvgIpc) is 2.13. The Labute approximate surface area is 97.8 Å². The molecule has 1 amide bonds. The van der Waals surface area contributed by atoms with Gasteiger partial charge in [0.2, 0.25) is 0 Å². The lowest BCUT2D eigenvalue weighted by Gasteiger charge is -2.22. The van der Waals surface area contributed by atoms with Crippen molar-refractivity contribution in [1.29, 1.82) is 0 Å². The number of benzene rings is 1. The van der Waals surface area contributed by atoms with E-state index < -0.39 is 23.2 Å². The van der Waals surface area contributed by atoms with Crippen molar-refractivity contribution >= 4 is 5.91 Å². The van der Waals surface area contributed by atoms with Crippen LogP contribution in [0.25, 0.3) is 0 Å². The Bertz CT molecular complexity index is 418. The number of carbonyl (C=O) groups is 1. The number of hydrogen-bond donors (Lipinski definition) is 1. The normalized spacial score (nSPS) is 12.4. The van der Waals surface area contributed by atoms with Crippen LogP contribution in [-0.4, -0.2) is 11.4 Å². The number of halogens is 3. The molecule has 0 aromatic heterocycles. The van der Waals surface area contributed by atoms with E-state index in [1.165, 1.54) is 18.2 Å². The molecular weight excluding hydrogens is 231 g/mol. The summed E-state index contributed by atoms with van der Waals surface area (Å²) in [6.07, 6.45) is -4.52. The van der Waals surface area contributed by atoms with Gasteiger partial charge in [0.1, 0.15) is 0 Å². The fraction of sp³-hybridized carbons (Fsp3) is 0.417. The van der Waals surface area contributed by atoms with Crippen molar-refractivity contribution in [2.24, 2.45) is 0 Å². The first-order chi connectivity index (χ1) is 7.61. The van der Waals surface area contributed by atoms with E-state index in [0.29, 0.717) is 0 Å². The Kier molecular flexibility index (Phi) is 3.50. The molecule has 0 spiro atoms.